The largest absolute Gasteiger partial charge is 0.383 e. The molecule has 26 heavy (non-hydrogen) atoms. The summed E-state index contributed by atoms with van der Waals surface area (Å²) < 4.78 is 27.1. The van der Waals surface area contributed by atoms with Crippen LogP contribution in [0.3, 0.4) is 0 Å². The first-order valence-electron chi connectivity index (χ1n) is 8.22. The summed E-state index contributed by atoms with van der Waals surface area (Å²) in [6, 6.07) is 16.2. The molecule has 0 atom stereocenters. The molecule has 2 aromatic carbocycles. The molecule has 2 heterocycles. The van der Waals surface area contributed by atoms with Gasteiger partial charge in [0.25, 0.3) is 0 Å². The number of aryl methyl sites for hydroxylation is 1. The van der Waals surface area contributed by atoms with Crippen LogP contribution in [0.5, 0.6) is 0 Å². The van der Waals surface area contributed by atoms with Crippen LogP contribution in [0.4, 0.5) is 5.82 Å². The Bertz CT molecular complexity index is 1060. The third-order valence-corrected chi connectivity index (χ3v) is 6.28. The van der Waals surface area contributed by atoms with Gasteiger partial charge < -0.3 is 5.73 Å². The van der Waals surface area contributed by atoms with E-state index in [1.165, 1.54) is 4.31 Å². The van der Waals surface area contributed by atoms with E-state index in [4.69, 9.17) is 5.73 Å². The standard InChI is InChI=1S/C19H18N4O2S/c1-13-7-9-14(10-8-13)19-21-17-12-23(11-16(17)18(20)22-19)26(24,25)15-5-3-2-4-6-15/h2-10H,11-12H2,1H3,(H2,20,21,22). The van der Waals surface area contributed by atoms with Gasteiger partial charge in [-0.2, -0.15) is 4.31 Å². The highest BCUT2D eigenvalue weighted by Gasteiger charge is 2.33. The van der Waals surface area contributed by atoms with Crippen LogP contribution in [0.2, 0.25) is 0 Å². The number of nitrogens with zero attached hydrogens (tertiary/aromatic N) is 3. The third-order valence-electron chi connectivity index (χ3n) is 4.48. The number of benzene rings is 2. The average molecular weight is 366 g/mol. The van der Waals surface area contributed by atoms with E-state index in [1.54, 1.807) is 30.3 Å². The fourth-order valence-corrected chi connectivity index (χ4v) is 4.39. The smallest absolute Gasteiger partial charge is 0.243 e. The van der Waals surface area contributed by atoms with Gasteiger partial charge in [0.1, 0.15) is 5.82 Å². The summed E-state index contributed by atoms with van der Waals surface area (Å²) in [5.41, 5.74) is 9.45. The zero-order valence-corrected chi connectivity index (χ0v) is 15.1. The number of aromatic nitrogens is 2. The fourth-order valence-electron chi connectivity index (χ4n) is 3.00. The Kier molecular flexibility index (Phi) is 3.97. The van der Waals surface area contributed by atoms with Gasteiger partial charge in [0.05, 0.1) is 17.1 Å². The molecule has 0 spiro atoms. The topological polar surface area (TPSA) is 89.2 Å². The molecule has 132 valence electrons. The van der Waals surface area contributed by atoms with Gasteiger partial charge in [0, 0.05) is 17.7 Å². The molecule has 0 radical (unpaired) electrons. The van der Waals surface area contributed by atoms with Crippen molar-refractivity contribution in [2.45, 2.75) is 24.9 Å². The van der Waals surface area contributed by atoms with Gasteiger partial charge in [-0.15, -0.1) is 0 Å². The number of fused-ring (bicyclic) bond motifs is 1. The highest BCUT2D eigenvalue weighted by atomic mass is 32.2. The van der Waals surface area contributed by atoms with Gasteiger partial charge in [-0.3, -0.25) is 0 Å². The number of nitrogens with two attached hydrogens (primary N) is 1. The van der Waals surface area contributed by atoms with Crippen molar-refractivity contribution in [1.29, 1.82) is 0 Å². The summed E-state index contributed by atoms with van der Waals surface area (Å²) in [4.78, 5) is 9.22. The summed E-state index contributed by atoms with van der Waals surface area (Å²) in [6.45, 7) is 2.39. The fraction of sp³-hybridized carbons (Fsp3) is 0.158. The van der Waals surface area contributed by atoms with Crippen LogP contribution in [0.15, 0.2) is 59.5 Å². The van der Waals surface area contributed by atoms with Gasteiger partial charge in [-0.05, 0) is 19.1 Å². The van der Waals surface area contributed by atoms with Crippen molar-refractivity contribution in [1.82, 2.24) is 14.3 Å². The number of rotatable bonds is 3. The molecule has 1 aromatic heterocycles. The molecule has 0 saturated carbocycles. The van der Waals surface area contributed by atoms with Crippen molar-refractivity contribution in [2.24, 2.45) is 0 Å². The molecule has 0 unspecified atom stereocenters. The minimum atomic E-state index is -3.60. The first-order valence-corrected chi connectivity index (χ1v) is 9.66. The molecule has 1 aliphatic heterocycles. The van der Waals surface area contributed by atoms with E-state index >= 15 is 0 Å². The molecule has 0 bridgehead atoms. The maximum absolute atomic E-state index is 12.8. The van der Waals surface area contributed by atoms with Gasteiger partial charge in [0.15, 0.2) is 5.82 Å². The first kappa shape index (κ1) is 16.7. The molecule has 7 heteroatoms. The summed E-state index contributed by atoms with van der Waals surface area (Å²) >= 11 is 0. The zero-order valence-electron chi connectivity index (χ0n) is 14.3. The Hall–Kier alpha value is -2.77. The molecular weight excluding hydrogens is 348 g/mol. The quantitative estimate of drug-likeness (QED) is 0.770. The van der Waals surface area contributed by atoms with Crippen LogP contribution in [-0.4, -0.2) is 22.7 Å². The monoisotopic (exact) mass is 366 g/mol. The first-order chi connectivity index (χ1) is 12.4. The lowest BCUT2D eigenvalue weighted by Gasteiger charge is -2.15. The van der Waals surface area contributed by atoms with Crippen molar-refractivity contribution >= 4 is 15.8 Å². The van der Waals surface area contributed by atoms with Crippen molar-refractivity contribution in [3.8, 4) is 11.4 Å². The normalized spacial score (nSPS) is 14.3. The molecular formula is C19H18N4O2S. The maximum atomic E-state index is 12.8. The van der Waals surface area contributed by atoms with Crippen LogP contribution in [-0.2, 0) is 23.1 Å². The zero-order chi connectivity index (χ0) is 18.3. The minimum Gasteiger partial charge on any atom is -0.383 e. The Balaban J connectivity index is 1.69. The van der Waals surface area contributed by atoms with E-state index in [9.17, 15) is 8.42 Å². The van der Waals surface area contributed by atoms with Crippen molar-refractivity contribution in [3.63, 3.8) is 0 Å². The summed E-state index contributed by atoms with van der Waals surface area (Å²) in [5.74, 6) is 0.844. The Labute approximate surface area is 152 Å². The highest BCUT2D eigenvalue weighted by molar-refractivity contribution is 7.89. The summed E-state index contributed by atoms with van der Waals surface area (Å²) in [5, 5.41) is 0. The van der Waals surface area contributed by atoms with Crippen LogP contribution in [0.1, 0.15) is 16.8 Å². The van der Waals surface area contributed by atoms with E-state index in [-0.39, 0.29) is 18.0 Å². The Morgan fingerprint density at radius 3 is 2.35 bits per heavy atom. The van der Waals surface area contributed by atoms with Crippen LogP contribution in [0, 0.1) is 6.92 Å². The van der Waals surface area contributed by atoms with Crippen molar-refractivity contribution in [2.75, 3.05) is 5.73 Å². The predicted molar refractivity (Wildman–Crippen MR) is 99.5 cm³/mol. The van der Waals surface area contributed by atoms with E-state index in [0.29, 0.717) is 22.9 Å². The second kappa shape index (κ2) is 6.19. The maximum Gasteiger partial charge on any atom is 0.243 e. The molecule has 3 aromatic rings. The molecule has 0 amide bonds. The van der Waals surface area contributed by atoms with Crippen molar-refractivity contribution in [3.05, 3.63) is 71.4 Å². The molecule has 0 fully saturated rings. The van der Waals surface area contributed by atoms with Gasteiger partial charge >= 0.3 is 0 Å². The Morgan fingerprint density at radius 2 is 1.65 bits per heavy atom. The van der Waals surface area contributed by atoms with Crippen LogP contribution < -0.4 is 5.73 Å². The molecule has 0 aliphatic carbocycles. The predicted octanol–water partition coefficient (Wildman–Crippen LogP) is 2.74. The number of sulfonamides is 1. The second-order valence-electron chi connectivity index (χ2n) is 6.31. The van der Waals surface area contributed by atoms with Gasteiger partial charge in [-0.1, -0.05) is 48.0 Å². The van der Waals surface area contributed by atoms with Crippen molar-refractivity contribution < 1.29 is 8.42 Å². The van der Waals surface area contributed by atoms with E-state index in [2.05, 4.69) is 9.97 Å². The van der Waals surface area contributed by atoms with Crippen LogP contribution >= 0.6 is 0 Å². The molecule has 2 N–H and O–H groups in total. The lowest BCUT2D eigenvalue weighted by molar-refractivity contribution is 0.430. The summed E-state index contributed by atoms with van der Waals surface area (Å²) in [6.07, 6.45) is 0. The van der Waals surface area contributed by atoms with E-state index < -0.39 is 10.0 Å². The van der Waals surface area contributed by atoms with Gasteiger partial charge in [0.2, 0.25) is 10.0 Å². The van der Waals surface area contributed by atoms with E-state index in [0.717, 1.165) is 11.1 Å². The Morgan fingerprint density at radius 1 is 0.962 bits per heavy atom. The van der Waals surface area contributed by atoms with E-state index in [1.807, 2.05) is 31.2 Å². The summed E-state index contributed by atoms with van der Waals surface area (Å²) in [7, 11) is -3.60. The molecule has 0 saturated heterocycles. The minimum absolute atomic E-state index is 0.187. The van der Waals surface area contributed by atoms with Crippen LogP contribution in [0.25, 0.3) is 11.4 Å². The molecule has 4 rings (SSSR count). The second-order valence-corrected chi connectivity index (χ2v) is 8.25. The third kappa shape index (κ3) is 2.85. The SMILES string of the molecule is Cc1ccc(-c2nc(N)c3c(n2)CN(S(=O)(=O)c2ccccc2)C3)cc1. The molecule has 6 nitrogen and oxygen atoms in total. The number of nitrogen functional groups attached to an aromatic ring is 1. The lowest BCUT2D eigenvalue weighted by Crippen LogP contribution is -2.25. The number of hydrogen-bond acceptors (Lipinski definition) is 5. The molecule has 1 aliphatic rings. The van der Waals surface area contributed by atoms with Gasteiger partial charge in [-0.25, -0.2) is 18.4 Å². The highest BCUT2D eigenvalue weighted by Crippen LogP contribution is 2.31. The lowest BCUT2D eigenvalue weighted by atomic mass is 10.1. The number of hydrogen-bond donors (Lipinski definition) is 1. The number of anilines is 1. The average Bonchev–Trinajstić information content (AvgIpc) is 3.09.